The summed E-state index contributed by atoms with van der Waals surface area (Å²) in [5.41, 5.74) is 1.26. The highest BCUT2D eigenvalue weighted by Crippen LogP contribution is 2.38. The third-order valence-corrected chi connectivity index (χ3v) is 6.31. The Balaban J connectivity index is 1.72. The summed E-state index contributed by atoms with van der Waals surface area (Å²) in [7, 11) is 4.73. The number of hydrogen-bond acceptors (Lipinski definition) is 10. The molecule has 3 aromatic heterocycles. The number of para-hydroxylation sites is 1. The molecule has 2 atom stereocenters. The van der Waals surface area contributed by atoms with Crippen molar-refractivity contribution < 1.29 is 18.6 Å². The Hall–Kier alpha value is -3.71. The minimum Gasteiger partial charge on any atom is -0.494 e. The highest BCUT2D eigenvalue weighted by Gasteiger charge is 2.26. The summed E-state index contributed by atoms with van der Waals surface area (Å²) in [6.45, 7) is 4.66. The van der Waals surface area contributed by atoms with Crippen LogP contribution in [0.4, 0.5) is 10.3 Å². The van der Waals surface area contributed by atoms with E-state index in [1.54, 1.807) is 25.9 Å². The van der Waals surface area contributed by atoms with E-state index in [2.05, 4.69) is 30.0 Å². The summed E-state index contributed by atoms with van der Waals surface area (Å²) < 4.78 is 37.1. The Labute approximate surface area is 212 Å². The molecular formula is C23H27FN8O3S. The normalized spacial score (nSPS) is 12.8. The van der Waals surface area contributed by atoms with Gasteiger partial charge in [-0.05, 0) is 44.0 Å². The van der Waals surface area contributed by atoms with Crippen LogP contribution in [-0.2, 0) is 11.3 Å². The number of benzene rings is 1. The second kappa shape index (κ2) is 11.4. The third-order valence-electron chi connectivity index (χ3n) is 5.39. The molecule has 0 radical (unpaired) electrons. The van der Waals surface area contributed by atoms with Crippen molar-refractivity contribution in [2.24, 2.45) is 0 Å². The van der Waals surface area contributed by atoms with Gasteiger partial charge in [-0.25, -0.2) is 14.4 Å². The van der Waals surface area contributed by atoms with Gasteiger partial charge in [0, 0.05) is 19.9 Å². The van der Waals surface area contributed by atoms with Crippen molar-refractivity contribution in [3.8, 4) is 28.7 Å². The van der Waals surface area contributed by atoms with E-state index in [0.717, 1.165) is 12.4 Å². The molecule has 0 fully saturated rings. The molecule has 0 saturated carbocycles. The van der Waals surface area contributed by atoms with Crippen LogP contribution < -0.4 is 14.2 Å². The zero-order chi connectivity index (χ0) is 25.7. The van der Waals surface area contributed by atoms with Crippen molar-refractivity contribution in [3.05, 3.63) is 54.5 Å². The standard InChI is InChI=1S/C23H27FN8O3S/c1-6-31-11-10-16(29-31)22-27-28-23(32(22)19-17(33-3)8-7-9-18(19)34-4)30-36-14(2)20(35-5)21-25-12-15(24)13-26-21/h7-14,20H,6H2,1-5H3,(H,28,30). The van der Waals surface area contributed by atoms with Crippen LogP contribution in [-0.4, -0.2) is 61.1 Å². The lowest BCUT2D eigenvalue weighted by molar-refractivity contribution is 0.0970. The smallest absolute Gasteiger partial charge is 0.239 e. The van der Waals surface area contributed by atoms with E-state index in [1.165, 1.54) is 11.9 Å². The number of methoxy groups -OCH3 is 3. The molecule has 190 valence electrons. The Kier molecular flexibility index (Phi) is 8.00. The Morgan fingerprint density at radius 3 is 2.33 bits per heavy atom. The van der Waals surface area contributed by atoms with Crippen LogP contribution in [0.5, 0.6) is 11.5 Å². The fourth-order valence-corrected chi connectivity index (χ4v) is 4.40. The number of nitrogens with one attached hydrogen (secondary N) is 1. The molecule has 11 nitrogen and oxygen atoms in total. The Morgan fingerprint density at radius 1 is 1.06 bits per heavy atom. The van der Waals surface area contributed by atoms with Gasteiger partial charge in [-0.1, -0.05) is 6.07 Å². The van der Waals surface area contributed by atoms with Gasteiger partial charge in [-0.2, -0.15) is 5.10 Å². The van der Waals surface area contributed by atoms with Gasteiger partial charge in [0.05, 0.1) is 31.9 Å². The highest BCUT2D eigenvalue weighted by atomic mass is 32.2. The maximum atomic E-state index is 13.3. The van der Waals surface area contributed by atoms with Crippen molar-refractivity contribution in [2.45, 2.75) is 31.7 Å². The molecule has 0 aliphatic rings. The zero-order valence-corrected chi connectivity index (χ0v) is 21.4. The number of aryl methyl sites for hydroxylation is 1. The first-order valence-corrected chi connectivity index (χ1v) is 12.0. The van der Waals surface area contributed by atoms with E-state index in [9.17, 15) is 4.39 Å². The van der Waals surface area contributed by atoms with Crippen molar-refractivity contribution in [3.63, 3.8) is 0 Å². The van der Waals surface area contributed by atoms with E-state index in [-0.39, 0.29) is 5.25 Å². The van der Waals surface area contributed by atoms with Gasteiger partial charge >= 0.3 is 0 Å². The van der Waals surface area contributed by atoms with E-state index in [4.69, 9.17) is 14.2 Å². The molecule has 0 spiro atoms. The average molecular weight is 515 g/mol. The predicted molar refractivity (Wildman–Crippen MR) is 134 cm³/mol. The minimum absolute atomic E-state index is 0.187. The second-order valence-electron chi connectivity index (χ2n) is 7.59. The molecule has 3 heterocycles. The minimum atomic E-state index is -0.510. The zero-order valence-electron chi connectivity index (χ0n) is 20.5. The van der Waals surface area contributed by atoms with Gasteiger partial charge in [0.15, 0.2) is 17.5 Å². The topological polar surface area (TPSA) is 114 Å². The molecule has 0 amide bonds. The largest absolute Gasteiger partial charge is 0.494 e. The molecule has 0 aliphatic carbocycles. The van der Waals surface area contributed by atoms with Gasteiger partial charge in [-0.15, -0.1) is 10.2 Å². The molecule has 36 heavy (non-hydrogen) atoms. The van der Waals surface area contributed by atoms with Crippen LogP contribution in [0.25, 0.3) is 17.2 Å². The summed E-state index contributed by atoms with van der Waals surface area (Å²) in [5, 5.41) is 13.2. The van der Waals surface area contributed by atoms with Gasteiger partial charge in [0.1, 0.15) is 29.0 Å². The number of nitrogens with zero attached hydrogens (tertiary/aromatic N) is 7. The summed E-state index contributed by atoms with van der Waals surface area (Å²) in [4.78, 5) is 8.12. The average Bonchev–Trinajstić information content (AvgIpc) is 3.55. The molecule has 4 aromatic rings. The molecule has 13 heteroatoms. The summed E-state index contributed by atoms with van der Waals surface area (Å²) in [6, 6.07) is 7.38. The SMILES string of the molecule is CCn1ccc(-c2nnc(NSC(C)C(OC)c3ncc(F)cn3)n2-c2c(OC)cccc2OC)n1. The monoisotopic (exact) mass is 514 g/mol. The molecule has 1 N–H and O–H groups in total. The van der Waals surface area contributed by atoms with Crippen molar-refractivity contribution in [2.75, 3.05) is 26.1 Å². The number of halogens is 1. The number of anilines is 1. The fraction of sp³-hybridized carbons (Fsp3) is 0.348. The molecule has 0 aliphatic heterocycles. The van der Waals surface area contributed by atoms with Gasteiger partial charge in [0.2, 0.25) is 5.95 Å². The van der Waals surface area contributed by atoms with E-state index in [1.807, 2.05) is 49.0 Å². The third kappa shape index (κ3) is 5.11. The van der Waals surface area contributed by atoms with Crippen LogP contribution in [0.2, 0.25) is 0 Å². The lowest BCUT2D eigenvalue weighted by atomic mass is 10.2. The van der Waals surface area contributed by atoms with Crippen LogP contribution in [0.15, 0.2) is 42.9 Å². The molecule has 4 rings (SSSR count). The van der Waals surface area contributed by atoms with E-state index >= 15 is 0 Å². The van der Waals surface area contributed by atoms with Crippen LogP contribution in [0, 0.1) is 5.82 Å². The molecular weight excluding hydrogens is 487 g/mol. The van der Waals surface area contributed by atoms with Crippen molar-refractivity contribution in [1.29, 1.82) is 0 Å². The van der Waals surface area contributed by atoms with Gasteiger partial charge in [-0.3, -0.25) is 14.0 Å². The van der Waals surface area contributed by atoms with Crippen molar-refractivity contribution >= 4 is 17.9 Å². The predicted octanol–water partition coefficient (Wildman–Crippen LogP) is 3.93. The molecule has 2 unspecified atom stereocenters. The number of ether oxygens (including phenoxy) is 3. The van der Waals surface area contributed by atoms with Crippen LogP contribution >= 0.6 is 11.9 Å². The van der Waals surface area contributed by atoms with Gasteiger partial charge in [0.25, 0.3) is 0 Å². The molecule has 0 saturated heterocycles. The van der Waals surface area contributed by atoms with Crippen LogP contribution in [0.3, 0.4) is 0 Å². The first-order chi connectivity index (χ1) is 17.5. The summed E-state index contributed by atoms with van der Waals surface area (Å²) in [5.74, 6) is 1.93. The first-order valence-electron chi connectivity index (χ1n) is 11.1. The number of hydrogen-bond donors (Lipinski definition) is 1. The number of aromatic nitrogens is 7. The molecule has 1 aromatic carbocycles. The maximum Gasteiger partial charge on any atom is 0.239 e. The Morgan fingerprint density at radius 2 is 1.75 bits per heavy atom. The summed E-state index contributed by atoms with van der Waals surface area (Å²) in [6.07, 6.45) is 3.61. The highest BCUT2D eigenvalue weighted by molar-refractivity contribution is 8.01. The first kappa shape index (κ1) is 25.4. The number of rotatable bonds is 11. The lowest BCUT2D eigenvalue weighted by Gasteiger charge is -2.21. The van der Waals surface area contributed by atoms with E-state index < -0.39 is 11.9 Å². The summed E-state index contributed by atoms with van der Waals surface area (Å²) >= 11 is 1.34. The second-order valence-corrected chi connectivity index (χ2v) is 8.77. The quantitative estimate of drug-likeness (QED) is 0.295. The van der Waals surface area contributed by atoms with Gasteiger partial charge < -0.3 is 14.2 Å². The van der Waals surface area contributed by atoms with E-state index in [0.29, 0.717) is 47.0 Å². The fourth-order valence-electron chi connectivity index (χ4n) is 3.62. The maximum absolute atomic E-state index is 13.3. The van der Waals surface area contributed by atoms with Crippen LogP contribution in [0.1, 0.15) is 25.8 Å². The Bertz CT molecular complexity index is 1270. The van der Waals surface area contributed by atoms with Crippen molar-refractivity contribution in [1.82, 2.24) is 34.5 Å². The lowest BCUT2D eigenvalue weighted by Crippen LogP contribution is -2.19. The molecule has 0 bridgehead atoms.